The number of carbonyl (C=O) groups excluding carboxylic acids is 1. The Bertz CT molecular complexity index is 435. The number of hydrogen-bond donors (Lipinski definition) is 1. The molecule has 0 aliphatic rings. The molecule has 1 atom stereocenters. The largest absolute Gasteiger partial charge is 0.465 e. The molecule has 0 aliphatic carbocycles. The van der Waals surface area contributed by atoms with Crippen molar-refractivity contribution in [3.05, 3.63) is 23.8 Å². The van der Waals surface area contributed by atoms with Gasteiger partial charge in [0.1, 0.15) is 0 Å². The lowest BCUT2D eigenvalue weighted by Crippen LogP contribution is -2.37. The minimum atomic E-state index is -0.384. The summed E-state index contributed by atoms with van der Waals surface area (Å²) in [5, 5.41) is 0. The van der Waals surface area contributed by atoms with E-state index in [4.69, 9.17) is 15.2 Å². The molecule has 0 saturated carbocycles. The van der Waals surface area contributed by atoms with Crippen molar-refractivity contribution in [1.82, 2.24) is 0 Å². The molecule has 1 rings (SSSR count). The van der Waals surface area contributed by atoms with E-state index in [0.717, 1.165) is 12.2 Å². The van der Waals surface area contributed by atoms with Crippen LogP contribution in [0.5, 0.6) is 0 Å². The first-order chi connectivity index (χ1) is 9.04. The van der Waals surface area contributed by atoms with E-state index < -0.39 is 0 Å². The van der Waals surface area contributed by atoms with E-state index in [2.05, 4.69) is 4.90 Å². The molecule has 0 saturated heterocycles. The smallest absolute Gasteiger partial charge is 0.340 e. The van der Waals surface area contributed by atoms with Gasteiger partial charge in [-0.3, -0.25) is 0 Å². The van der Waals surface area contributed by atoms with Gasteiger partial charge in [-0.15, -0.1) is 0 Å². The molecule has 0 aliphatic heterocycles. The molecule has 0 bridgehead atoms. The Kier molecular flexibility index (Phi) is 5.63. The summed E-state index contributed by atoms with van der Waals surface area (Å²) >= 11 is 0. The van der Waals surface area contributed by atoms with E-state index in [1.165, 1.54) is 7.11 Å². The third-order valence-electron chi connectivity index (χ3n) is 3.02. The van der Waals surface area contributed by atoms with Gasteiger partial charge in [0.25, 0.3) is 0 Å². The maximum atomic E-state index is 11.9. The van der Waals surface area contributed by atoms with Crippen LogP contribution in [0, 0.1) is 0 Å². The Morgan fingerprint density at radius 3 is 2.63 bits per heavy atom. The minimum absolute atomic E-state index is 0.155. The van der Waals surface area contributed by atoms with Crippen LogP contribution in [0.15, 0.2) is 18.2 Å². The van der Waals surface area contributed by atoms with Crippen LogP contribution in [0.2, 0.25) is 0 Å². The van der Waals surface area contributed by atoms with E-state index in [-0.39, 0.29) is 12.0 Å². The first-order valence-corrected chi connectivity index (χ1v) is 6.28. The maximum absolute atomic E-state index is 11.9. The fourth-order valence-electron chi connectivity index (χ4n) is 2.13. The van der Waals surface area contributed by atoms with Crippen molar-refractivity contribution in [2.24, 2.45) is 0 Å². The predicted molar refractivity (Wildman–Crippen MR) is 76.6 cm³/mol. The van der Waals surface area contributed by atoms with Crippen LogP contribution in [0.25, 0.3) is 0 Å². The lowest BCUT2D eigenvalue weighted by atomic mass is 10.1. The fourth-order valence-corrected chi connectivity index (χ4v) is 2.13. The molecule has 0 amide bonds. The summed E-state index contributed by atoms with van der Waals surface area (Å²) in [5.41, 5.74) is 7.58. The molecular formula is C14H22N2O3. The summed E-state index contributed by atoms with van der Waals surface area (Å²) in [4.78, 5) is 13.9. The van der Waals surface area contributed by atoms with Crippen molar-refractivity contribution >= 4 is 17.3 Å². The quantitative estimate of drug-likeness (QED) is 0.629. The highest BCUT2D eigenvalue weighted by atomic mass is 16.5. The molecule has 0 aromatic heterocycles. The highest BCUT2D eigenvalue weighted by Crippen LogP contribution is 2.25. The molecule has 5 heteroatoms. The Hall–Kier alpha value is -1.75. The molecule has 0 radical (unpaired) electrons. The van der Waals surface area contributed by atoms with Gasteiger partial charge >= 0.3 is 5.97 Å². The van der Waals surface area contributed by atoms with Crippen LogP contribution in [-0.4, -0.2) is 39.4 Å². The summed E-state index contributed by atoms with van der Waals surface area (Å²) in [5.74, 6) is -0.384. The fraction of sp³-hybridized carbons (Fsp3) is 0.500. The van der Waals surface area contributed by atoms with Crippen LogP contribution in [0.3, 0.4) is 0 Å². The van der Waals surface area contributed by atoms with Gasteiger partial charge in [0.05, 0.1) is 25.0 Å². The highest BCUT2D eigenvalue weighted by Gasteiger charge is 2.20. The first-order valence-electron chi connectivity index (χ1n) is 6.28. The molecule has 106 valence electrons. The Morgan fingerprint density at radius 2 is 2.11 bits per heavy atom. The van der Waals surface area contributed by atoms with E-state index in [1.54, 1.807) is 19.2 Å². The second kappa shape index (κ2) is 6.99. The van der Waals surface area contributed by atoms with Gasteiger partial charge in [0.2, 0.25) is 0 Å². The zero-order chi connectivity index (χ0) is 14.4. The molecule has 1 aromatic carbocycles. The molecular weight excluding hydrogens is 244 g/mol. The first kappa shape index (κ1) is 15.3. The average Bonchev–Trinajstić information content (AvgIpc) is 2.40. The van der Waals surface area contributed by atoms with Crippen LogP contribution in [-0.2, 0) is 9.47 Å². The van der Waals surface area contributed by atoms with Crippen molar-refractivity contribution in [1.29, 1.82) is 0 Å². The van der Waals surface area contributed by atoms with Crippen molar-refractivity contribution in [3.63, 3.8) is 0 Å². The Labute approximate surface area is 114 Å². The summed E-state index contributed by atoms with van der Waals surface area (Å²) < 4.78 is 9.99. The monoisotopic (exact) mass is 266 g/mol. The number of esters is 1. The van der Waals surface area contributed by atoms with E-state index in [0.29, 0.717) is 17.9 Å². The number of hydrogen-bond acceptors (Lipinski definition) is 5. The van der Waals surface area contributed by atoms with Crippen molar-refractivity contribution in [2.45, 2.75) is 19.9 Å². The summed E-state index contributed by atoms with van der Waals surface area (Å²) in [6.45, 7) is 5.42. The molecule has 1 aromatic rings. The minimum Gasteiger partial charge on any atom is -0.465 e. The maximum Gasteiger partial charge on any atom is 0.340 e. The summed E-state index contributed by atoms with van der Waals surface area (Å²) in [6.07, 6.45) is 0. The predicted octanol–water partition coefficient (Wildman–Crippen LogP) is 1.92. The van der Waals surface area contributed by atoms with Crippen LogP contribution in [0.1, 0.15) is 24.2 Å². The third-order valence-corrected chi connectivity index (χ3v) is 3.02. The van der Waals surface area contributed by atoms with E-state index in [1.807, 2.05) is 19.9 Å². The lowest BCUT2D eigenvalue weighted by molar-refractivity contribution is 0.0601. The van der Waals surface area contributed by atoms with Crippen molar-refractivity contribution in [2.75, 3.05) is 38.0 Å². The summed E-state index contributed by atoms with van der Waals surface area (Å²) in [7, 11) is 3.03. The van der Waals surface area contributed by atoms with Crippen LogP contribution in [0.4, 0.5) is 11.4 Å². The number of ether oxygens (including phenoxy) is 2. The molecule has 5 nitrogen and oxygen atoms in total. The molecule has 0 heterocycles. The van der Waals surface area contributed by atoms with Gasteiger partial charge in [-0.05, 0) is 32.0 Å². The summed E-state index contributed by atoms with van der Waals surface area (Å²) in [6, 6.07) is 5.42. The number of nitrogens with zero attached hydrogens (tertiary/aromatic N) is 1. The zero-order valence-electron chi connectivity index (χ0n) is 12.0. The van der Waals surface area contributed by atoms with Gasteiger partial charge in [-0.1, -0.05) is 0 Å². The SMILES string of the molecule is CCN(c1ccc(N)cc1C(=O)OC)C(C)COC. The van der Waals surface area contributed by atoms with Gasteiger partial charge in [0.15, 0.2) is 0 Å². The van der Waals surface area contributed by atoms with Crippen molar-refractivity contribution in [3.8, 4) is 0 Å². The molecule has 19 heavy (non-hydrogen) atoms. The second-order valence-corrected chi connectivity index (χ2v) is 4.36. The molecule has 0 fully saturated rings. The molecule has 2 N–H and O–H groups in total. The lowest BCUT2D eigenvalue weighted by Gasteiger charge is -2.31. The highest BCUT2D eigenvalue weighted by molar-refractivity contribution is 5.97. The third kappa shape index (κ3) is 3.61. The number of nitrogen functional groups attached to an aromatic ring is 1. The van der Waals surface area contributed by atoms with Crippen molar-refractivity contribution < 1.29 is 14.3 Å². The van der Waals surface area contributed by atoms with Gasteiger partial charge in [0, 0.05) is 25.4 Å². The molecule has 0 spiro atoms. The number of carbonyl (C=O) groups is 1. The topological polar surface area (TPSA) is 64.8 Å². The van der Waals surface area contributed by atoms with Crippen LogP contribution >= 0.6 is 0 Å². The molecule has 1 unspecified atom stereocenters. The second-order valence-electron chi connectivity index (χ2n) is 4.36. The normalized spacial score (nSPS) is 12.0. The van der Waals surface area contributed by atoms with Gasteiger partial charge < -0.3 is 20.1 Å². The number of benzene rings is 1. The average molecular weight is 266 g/mol. The van der Waals surface area contributed by atoms with Gasteiger partial charge in [-0.2, -0.15) is 0 Å². The number of anilines is 2. The van der Waals surface area contributed by atoms with E-state index >= 15 is 0 Å². The number of likely N-dealkylation sites (N-methyl/N-ethyl adjacent to an activating group) is 1. The number of methoxy groups -OCH3 is 2. The standard InChI is InChI=1S/C14H22N2O3/c1-5-16(10(2)9-18-3)13-7-6-11(15)8-12(13)14(17)19-4/h6-8,10H,5,9,15H2,1-4H3. The van der Waals surface area contributed by atoms with Crippen LogP contribution < -0.4 is 10.6 Å². The Morgan fingerprint density at radius 1 is 1.42 bits per heavy atom. The van der Waals surface area contributed by atoms with E-state index in [9.17, 15) is 4.79 Å². The zero-order valence-corrected chi connectivity index (χ0v) is 12.0. The van der Waals surface area contributed by atoms with Gasteiger partial charge in [-0.25, -0.2) is 4.79 Å². The Balaban J connectivity index is 3.19. The number of nitrogens with two attached hydrogens (primary N) is 1. The number of rotatable bonds is 6.